The van der Waals surface area contributed by atoms with Gasteiger partial charge in [-0.3, -0.25) is 15.0 Å². The molecule has 0 fully saturated rings. The molecule has 2 aromatic rings. The van der Waals surface area contributed by atoms with Gasteiger partial charge >= 0.3 is 5.97 Å². The molecule has 1 aromatic carbocycles. The Kier molecular flexibility index (Phi) is 4.61. The molecule has 6 heteroatoms. The normalized spacial score (nSPS) is 12.5. The summed E-state index contributed by atoms with van der Waals surface area (Å²) in [5.41, 5.74) is 1.89. The maximum Gasteiger partial charge on any atom is 0.343 e. The van der Waals surface area contributed by atoms with Crippen molar-refractivity contribution < 1.29 is 14.6 Å². The molecule has 0 atom stereocenters. The van der Waals surface area contributed by atoms with Gasteiger partial charge in [0.15, 0.2) is 0 Å². The number of aromatic nitrogens is 2. The molecule has 0 saturated carbocycles. The molecule has 2 rings (SSSR count). The van der Waals surface area contributed by atoms with Crippen molar-refractivity contribution in [1.29, 1.82) is 0 Å². The topological polar surface area (TPSA) is 84.7 Å². The lowest BCUT2D eigenvalue weighted by molar-refractivity contribution is -0.138. The molecule has 0 aliphatic carbocycles. The number of aliphatic hydroxyl groups excluding tert-OH is 1. The molecule has 0 aliphatic rings. The molecular weight excluding hydrogens is 270 g/mol. The molecule has 1 aromatic heterocycles. The molecular formula is C15H15N3O3. The first kappa shape index (κ1) is 14.6. The van der Waals surface area contributed by atoms with Crippen LogP contribution in [0.2, 0.25) is 0 Å². The zero-order valence-corrected chi connectivity index (χ0v) is 11.8. The summed E-state index contributed by atoms with van der Waals surface area (Å²) in [5.74, 6) is -0.768. The fourth-order valence-corrected chi connectivity index (χ4v) is 1.72. The van der Waals surface area contributed by atoms with Crippen LogP contribution in [0.5, 0.6) is 0 Å². The Balaban J connectivity index is 2.38. The number of benzene rings is 1. The van der Waals surface area contributed by atoms with Gasteiger partial charge in [0.2, 0.25) is 0 Å². The number of hydrogen-bond acceptors (Lipinski definition) is 6. The SMILES string of the molecule is CCOC(=O)/C(C=Nc1cccc2nccnc12)=C(/C)O. The summed E-state index contributed by atoms with van der Waals surface area (Å²) in [6, 6.07) is 5.37. The summed E-state index contributed by atoms with van der Waals surface area (Å²) in [7, 11) is 0. The van der Waals surface area contributed by atoms with Gasteiger partial charge in [0, 0.05) is 18.6 Å². The van der Waals surface area contributed by atoms with E-state index in [2.05, 4.69) is 15.0 Å². The van der Waals surface area contributed by atoms with E-state index in [1.807, 2.05) is 6.07 Å². The number of carbonyl (C=O) groups excluding carboxylic acids is 1. The van der Waals surface area contributed by atoms with Gasteiger partial charge in [-0.05, 0) is 26.0 Å². The molecule has 0 saturated heterocycles. The van der Waals surface area contributed by atoms with Gasteiger partial charge in [0.05, 0.1) is 17.8 Å². The van der Waals surface area contributed by atoms with Gasteiger partial charge in [-0.15, -0.1) is 0 Å². The smallest absolute Gasteiger partial charge is 0.343 e. The van der Waals surface area contributed by atoms with Crippen LogP contribution in [-0.4, -0.2) is 33.9 Å². The Morgan fingerprint density at radius 1 is 1.38 bits per heavy atom. The fraction of sp³-hybridized carbons (Fsp3) is 0.200. The summed E-state index contributed by atoms with van der Waals surface area (Å²) < 4.78 is 4.87. The number of esters is 1. The Bertz CT molecular complexity index is 714. The Hall–Kier alpha value is -2.76. The monoisotopic (exact) mass is 285 g/mol. The summed E-state index contributed by atoms with van der Waals surface area (Å²) in [4.78, 5) is 24.3. The molecule has 6 nitrogen and oxygen atoms in total. The van der Waals surface area contributed by atoms with E-state index in [0.29, 0.717) is 16.7 Å². The van der Waals surface area contributed by atoms with Crippen molar-refractivity contribution in [3.8, 4) is 0 Å². The van der Waals surface area contributed by atoms with Crippen molar-refractivity contribution in [2.24, 2.45) is 4.99 Å². The summed E-state index contributed by atoms with van der Waals surface area (Å²) >= 11 is 0. The van der Waals surface area contributed by atoms with Crippen LogP contribution >= 0.6 is 0 Å². The lowest BCUT2D eigenvalue weighted by atomic mass is 10.2. The Labute approximate surface area is 121 Å². The first-order chi connectivity index (χ1) is 10.1. The van der Waals surface area contributed by atoms with Crippen molar-refractivity contribution in [2.45, 2.75) is 13.8 Å². The third-order valence-corrected chi connectivity index (χ3v) is 2.70. The molecule has 0 aliphatic heterocycles. The third-order valence-electron chi connectivity index (χ3n) is 2.70. The van der Waals surface area contributed by atoms with E-state index in [0.717, 1.165) is 0 Å². The van der Waals surface area contributed by atoms with E-state index in [9.17, 15) is 9.90 Å². The van der Waals surface area contributed by atoms with Crippen molar-refractivity contribution >= 4 is 28.9 Å². The number of rotatable bonds is 4. The Morgan fingerprint density at radius 3 is 2.86 bits per heavy atom. The highest BCUT2D eigenvalue weighted by Crippen LogP contribution is 2.22. The van der Waals surface area contributed by atoms with E-state index in [-0.39, 0.29) is 17.9 Å². The highest BCUT2D eigenvalue weighted by atomic mass is 16.5. The highest BCUT2D eigenvalue weighted by Gasteiger charge is 2.12. The molecule has 108 valence electrons. The minimum Gasteiger partial charge on any atom is -0.512 e. The van der Waals surface area contributed by atoms with Crippen LogP contribution < -0.4 is 0 Å². The predicted molar refractivity (Wildman–Crippen MR) is 79.7 cm³/mol. The standard InChI is InChI=1S/C15H15N3O3/c1-3-21-15(20)11(10(2)19)9-18-13-6-4-5-12-14(13)17-8-7-16-12/h4-9,19H,3H2,1-2H3/b11-10-,18-9?. The van der Waals surface area contributed by atoms with E-state index >= 15 is 0 Å². The van der Waals surface area contributed by atoms with Crippen molar-refractivity contribution in [1.82, 2.24) is 9.97 Å². The van der Waals surface area contributed by atoms with Crippen molar-refractivity contribution in [2.75, 3.05) is 6.61 Å². The number of para-hydroxylation sites is 1. The van der Waals surface area contributed by atoms with Crippen LogP contribution in [0, 0.1) is 0 Å². The van der Waals surface area contributed by atoms with Crippen LogP contribution in [0.4, 0.5) is 5.69 Å². The summed E-state index contributed by atoms with van der Waals surface area (Å²) in [5, 5.41) is 9.56. The molecule has 0 radical (unpaired) electrons. The zero-order valence-electron chi connectivity index (χ0n) is 11.8. The van der Waals surface area contributed by atoms with Crippen LogP contribution in [0.25, 0.3) is 11.0 Å². The molecule has 0 bridgehead atoms. The quantitative estimate of drug-likeness (QED) is 0.404. The predicted octanol–water partition coefficient (Wildman–Crippen LogP) is 2.73. The number of ether oxygens (including phenoxy) is 1. The molecule has 0 unspecified atom stereocenters. The second kappa shape index (κ2) is 6.60. The highest BCUT2D eigenvalue weighted by molar-refractivity contribution is 6.10. The van der Waals surface area contributed by atoms with Gasteiger partial charge in [-0.25, -0.2) is 4.79 Å². The van der Waals surface area contributed by atoms with E-state index in [1.165, 1.54) is 13.1 Å². The van der Waals surface area contributed by atoms with E-state index in [4.69, 9.17) is 4.74 Å². The van der Waals surface area contributed by atoms with Crippen molar-refractivity contribution in [3.05, 3.63) is 41.9 Å². The van der Waals surface area contributed by atoms with Crippen LogP contribution in [0.3, 0.4) is 0 Å². The lowest BCUT2D eigenvalue weighted by Gasteiger charge is -2.03. The summed E-state index contributed by atoms with van der Waals surface area (Å²) in [6.45, 7) is 3.32. The zero-order chi connectivity index (χ0) is 15.2. The number of aliphatic imine (C=N–C) groups is 1. The molecule has 1 N–H and O–H groups in total. The maximum atomic E-state index is 11.7. The fourth-order valence-electron chi connectivity index (χ4n) is 1.72. The second-order valence-electron chi connectivity index (χ2n) is 4.18. The van der Waals surface area contributed by atoms with Gasteiger partial charge < -0.3 is 9.84 Å². The molecule has 1 heterocycles. The summed E-state index contributed by atoms with van der Waals surface area (Å²) in [6.07, 6.45) is 4.44. The molecule has 21 heavy (non-hydrogen) atoms. The second-order valence-corrected chi connectivity index (χ2v) is 4.18. The number of allylic oxidation sites excluding steroid dienone is 1. The number of fused-ring (bicyclic) bond motifs is 1. The lowest BCUT2D eigenvalue weighted by Crippen LogP contribution is -2.10. The number of nitrogens with zero attached hydrogens (tertiary/aromatic N) is 3. The van der Waals surface area contributed by atoms with Gasteiger partial charge in [0.25, 0.3) is 0 Å². The minimum atomic E-state index is -0.618. The average molecular weight is 285 g/mol. The number of aliphatic hydroxyl groups is 1. The van der Waals surface area contributed by atoms with Crippen molar-refractivity contribution in [3.63, 3.8) is 0 Å². The molecule has 0 amide bonds. The first-order valence-corrected chi connectivity index (χ1v) is 6.44. The minimum absolute atomic E-state index is 0.0118. The molecule has 0 spiro atoms. The number of hydrogen-bond donors (Lipinski definition) is 1. The van der Waals surface area contributed by atoms with Crippen LogP contribution in [0.1, 0.15) is 13.8 Å². The largest absolute Gasteiger partial charge is 0.512 e. The van der Waals surface area contributed by atoms with E-state index in [1.54, 1.807) is 31.5 Å². The maximum absolute atomic E-state index is 11.7. The van der Waals surface area contributed by atoms with Gasteiger partial charge in [0.1, 0.15) is 16.8 Å². The Morgan fingerprint density at radius 2 is 2.14 bits per heavy atom. The van der Waals surface area contributed by atoms with Gasteiger partial charge in [-0.1, -0.05) is 6.07 Å². The average Bonchev–Trinajstić information content (AvgIpc) is 2.47. The van der Waals surface area contributed by atoms with Crippen LogP contribution in [-0.2, 0) is 9.53 Å². The number of carbonyl (C=O) groups is 1. The van der Waals surface area contributed by atoms with E-state index < -0.39 is 5.97 Å². The van der Waals surface area contributed by atoms with Gasteiger partial charge in [-0.2, -0.15) is 0 Å². The van der Waals surface area contributed by atoms with Crippen LogP contribution in [0.15, 0.2) is 46.9 Å². The third kappa shape index (κ3) is 3.42. The first-order valence-electron chi connectivity index (χ1n) is 6.44.